The molecule has 2 aromatic carbocycles. The average Bonchev–Trinajstić information content (AvgIpc) is 3.25. The minimum absolute atomic E-state index is 0.00844. The van der Waals surface area contributed by atoms with Gasteiger partial charge in [0.15, 0.2) is 0 Å². The Morgan fingerprint density at radius 3 is 2.79 bits per heavy atom. The number of aromatic nitrogens is 3. The minimum Gasteiger partial charge on any atom is -0.434 e. The summed E-state index contributed by atoms with van der Waals surface area (Å²) in [5.41, 5.74) is 4.20. The van der Waals surface area contributed by atoms with Crippen LogP contribution in [0.15, 0.2) is 67.5 Å². The number of unbranched alkanes of at least 4 members (excludes halogenated alkanes) is 1. The van der Waals surface area contributed by atoms with Crippen LogP contribution in [-0.4, -0.2) is 40.6 Å². The van der Waals surface area contributed by atoms with Crippen LogP contribution < -0.4 is 15.0 Å². The van der Waals surface area contributed by atoms with Crippen molar-refractivity contribution in [2.75, 3.05) is 23.8 Å². The Morgan fingerprint density at radius 2 is 2.05 bits per heavy atom. The molecule has 38 heavy (non-hydrogen) atoms. The second kappa shape index (κ2) is 11.9. The van der Waals surface area contributed by atoms with Crippen LogP contribution in [0, 0.1) is 0 Å². The first-order valence-corrected chi connectivity index (χ1v) is 12.4. The molecule has 0 aliphatic carbocycles. The van der Waals surface area contributed by atoms with Crippen LogP contribution in [0.4, 0.5) is 20.2 Å². The molecule has 2 aromatic heterocycles. The molecule has 4 aromatic rings. The van der Waals surface area contributed by atoms with Gasteiger partial charge in [-0.25, -0.2) is 9.97 Å². The van der Waals surface area contributed by atoms with Gasteiger partial charge in [-0.05, 0) is 30.7 Å². The van der Waals surface area contributed by atoms with Crippen LogP contribution in [-0.2, 0) is 18.3 Å². The van der Waals surface area contributed by atoms with Crippen LogP contribution in [0.2, 0.25) is 0 Å². The van der Waals surface area contributed by atoms with Gasteiger partial charge in [-0.15, -0.1) is 0 Å². The number of aryl methyl sites for hydroxylation is 1. The zero-order chi connectivity index (χ0) is 27.2. The molecule has 0 fully saturated rings. The van der Waals surface area contributed by atoms with Gasteiger partial charge in [0.25, 0.3) is 0 Å². The van der Waals surface area contributed by atoms with E-state index in [-0.39, 0.29) is 12.2 Å². The maximum absolute atomic E-state index is 13.4. The number of benzene rings is 2. The number of carbonyl (C=O) groups excluding carboxylic acids is 1. The highest BCUT2D eigenvalue weighted by Gasteiger charge is 2.19. The van der Waals surface area contributed by atoms with E-state index in [2.05, 4.69) is 23.8 Å². The molecule has 1 amide bonds. The van der Waals surface area contributed by atoms with Gasteiger partial charge in [-0.2, -0.15) is 8.78 Å². The first-order chi connectivity index (χ1) is 18.3. The number of alkyl halides is 2. The molecular formula is C29H31F2N5O2. The van der Waals surface area contributed by atoms with Crippen molar-refractivity contribution in [3.8, 4) is 17.0 Å². The maximum atomic E-state index is 13.4. The van der Waals surface area contributed by atoms with Crippen molar-refractivity contribution in [1.29, 1.82) is 0 Å². The number of ether oxygens (including phenoxy) is 1. The highest BCUT2D eigenvalue weighted by Crippen LogP contribution is 2.36. The number of carbonyl (C=O) groups is 1. The predicted molar refractivity (Wildman–Crippen MR) is 147 cm³/mol. The normalized spacial score (nSPS) is 11.1. The molecule has 9 heteroatoms. The number of rotatable bonds is 11. The number of nitrogens with zero attached hydrogens (tertiary/aromatic N) is 4. The fraction of sp³-hybridized carbons (Fsp3) is 0.276. The summed E-state index contributed by atoms with van der Waals surface area (Å²) in [5, 5.41) is 3.85. The number of para-hydroxylation sites is 1. The van der Waals surface area contributed by atoms with E-state index in [1.54, 1.807) is 12.3 Å². The topological polar surface area (TPSA) is 72.3 Å². The van der Waals surface area contributed by atoms with Crippen molar-refractivity contribution in [3.05, 3.63) is 78.9 Å². The molecule has 0 radical (unpaired) electrons. The van der Waals surface area contributed by atoms with E-state index in [1.165, 1.54) is 6.07 Å². The Hall–Kier alpha value is -4.27. The Kier molecular flexibility index (Phi) is 8.35. The zero-order valence-corrected chi connectivity index (χ0v) is 21.7. The van der Waals surface area contributed by atoms with Gasteiger partial charge in [0.2, 0.25) is 5.91 Å². The second-order valence-corrected chi connectivity index (χ2v) is 9.03. The SMILES string of the molecule is C=CC(=O)Nc1cc(Cc2nccc(-c3cn(C)c4ccccc34)n2)c(OC(F)F)cc1N(C)CCCC. The molecule has 0 unspecified atom stereocenters. The molecule has 0 aliphatic rings. The summed E-state index contributed by atoms with van der Waals surface area (Å²) < 4.78 is 33.8. The summed E-state index contributed by atoms with van der Waals surface area (Å²) in [5.74, 6) is 0.0366. The maximum Gasteiger partial charge on any atom is 0.387 e. The fourth-order valence-electron chi connectivity index (χ4n) is 4.42. The largest absolute Gasteiger partial charge is 0.434 e. The van der Waals surface area contributed by atoms with E-state index < -0.39 is 12.5 Å². The number of amides is 1. The van der Waals surface area contributed by atoms with E-state index in [0.717, 1.165) is 41.1 Å². The predicted octanol–water partition coefficient (Wildman–Crippen LogP) is 6.19. The van der Waals surface area contributed by atoms with Crippen LogP contribution in [0.1, 0.15) is 31.2 Å². The average molecular weight is 520 g/mol. The van der Waals surface area contributed by atoms with Crippen LogP contribution in [0.25, 0.3) is 22.2 Å². The highest BCUT2D eigenvalue weighted by molar-refractivity contribution is 6.01. The van der Waals surface area contributed by atoms with Crippen molar-refractivity contribution in [1.82, 2.24) is 14.5 Å². The lowest BCUT2D eigenvalue weighted by Crippen LogP contribution is -2.21. The number of halogens is 2. The lowest BCUT2D eigenvalue weighted by atomic mass is 10.1. The monoisotopic (exact) mass is 519 g/mol. The van der Waals surface area contributed by atoms with Crippen molar-refractivity contribution < 1.29 is 18.3 Å². The van der Waals surface area contributed by atoms with E-state index in [1.807, 2.05) is 60.1 Å². The summed E-state index contributed by atoms with van der Waals surface area (Å²) in [6, 6.07) is 13.0. The van der Waals surface area contributed by atoms with Gasteiger partial charge < -0.3 is 19.5 Å². The quantitative estimate of drug-likeness (QED) is 0.239. The van der Waals surface area contributed by atoms with Crippen LogP contribution in [0.3, 0.4) is 0 Å². The first kappa shape index (κ1) is 26.8. The molecule has 0 bridgehead atoms. The molecular weight excluding hydrogens is 488 g/mol. The Morgan fingerprint density at radius 1 is 1.26 bits per heavy atom. The summed E-state index contributed by atoms with van der Waals surface area (Å²) in [7, 11) is 3.82. The molecule has 2 heterocycles. The molecule has 0 spiro atoms. The number of hydrogen-bond acceptors (Lipinski definition) is 5. The number of fused-ring (bicyclic) bond motifs is 1. The summed E-state index contributed by atoms with van der Waals surface area (Å²) in [6.45, 7) is 3.25. The molecule has 7 nitrogen and oxygen atoms in total. The third kappa shape index (κ3) is 5.99. The molecule has 4 rings (SSSR count). The van der Waals surface area contributed by atoms with Gasteiger partial charge in [0.05, 0.1) is 17.1 Å². The Bertz CT molecular complexity index is 1450. The van der Waals surface area contributed by atoms with Gasteiger partial charge in [0, 0.05) is 67.6 Å². The Labute approximate surface area is 220 Å². The van der Waals surface area contributed by atoms with E-state index >= 15 is 0 Å². The molecule has 0 aliphatic heterocycles. The van der Waals surface area contributed by atoms with Crippen LogP contribution >= 0.6 is 0 Å². The standard InChI is InChI=1S/C29H31F2N5O2/c1-5-7-14-35(3)25-17-26(38-29(30)31)19(15-23(25)34-28(37)6-2)16-27-32-13-12-22(33-27)21-18-36(4)24-11-9-8-10-20(21)24/h6,8-13,15,17-18,29H,2,5,7,14,16H2,1,3-4H3,(H,34,37). The second-order valence-electron chi connectivity index (χ2n) is 9.03. The van der Waals surface area contributed by atoms with Crippen molar-refractivity contribution in [2.45, 2.75) is 32.8 Å². The minimum atomic E-state index is -3.01. The third-order valence-electron chi connectivity index (χ3n) is 6.32. The number of hydrogen-bond donors (Lipinski definition) is 1. The molecule has 0 atom stereocenters. The molecule has 0 saturated carbocycles. The smallest absolute Gasteiger partial charge is 0.387 e. The van der Waals surface area contributed by atoms with Crippen molar-refractivity contribution in [2.24, 2.45) is 7.05 Å². The van der Waals surface area contributed by atoms with E-state index in [0.29, 0.717) is 29.3 Å². The lowest BCUT2D eigenvalue weighted by molar-refractivity contribution is -0.111. The van der Waals surface area contributed by atoms with E-state index in [9.17, 15) is 13.6 Å². The van der Waals surface area contributed by atoms with Crippen molar-refractivity contribution >= 4 is 28.2 Å². The number of anilines is 2. The Balaban J connectivity index is 1.76. The summed E-state index contributed by atoms with van der Waals surface area (Å²) in [4.78, 5) is 23.2. The first-order valence-electron chi connectivity index (χ1n) is 12.4. The van der Waals surface area contributed by atoms with E-state index in [4.69, 9.17) is 9.72 Å². The van der Waals surface area contributed by atoms with Crippen LogP contribution in [0.5, 0.6) is 5.75 Å². The fourth-order valence-corrected chi connectivity index (χ4v) is 4.42. The van der Waals surface area contributed by atoms with Gasteiger partial charge in [-0.1, -0.05) is 38.1 Å². The molecule has 0 saturated heterocycles. The number of nitrogens with one attached hydrogen (secondary N) is 1. The molecule has 1 N–H and O–H groups in total. The van der Waals surface area contributed by atoms with Crippen molar-refractivity contribution in [3.63, 3.8) is 0 Å². The summed E-state index contributed by atoms with van der Waals surface area (Å²) >= 11 is 0. The van der Waals surface area contributed by atoms with Gasteiger partial charge >= 0.3 is 6.61 Å². The highest BCUT2D eigenvalue weighted by atomic mass is 19.3. The lowest BCUT2D eigenvalue weighted by Gasteiger charge is -2.24. The van der Waals surface area contributed by atoms with Gasteiger partial charge in [-0.3, -0.25) is 4.79 Å². The van der Waals surface area contributed by atoms with Gasteiger partial charge in [0.1, 0.15) is 11.6 Å². The summed E-state index contributed by atoms with van der Waals surface area (Å²) in [6.07, 6.45) is 6.80. The third-order valence-corrected chi connectivity index (χ3v) is 6.32. The molecule has 198 valence electrons. The zero-order valence-electron chi connectivity index (χ0n) is 21.7.